The van der Waals surface area contributed by atoms with E-state index in [-0.39, 0.29) is 53.4 Å². The first-order valence-corrected chi connectivity index (χ1v) is 10.7. The van der Waals surface area contributed by atoms with E-state index in [9.17, 15) is 8.78 Å². The molecule has 2 unspecified atom stereocenters. The molecular weight excluding hydrogens is 446 g/mol. The van der Waals surface area contributed by atoms with Crippen molar-refractivity contribution in [2.45, 2.75) is 37.9 Å². The van der Waals surface area contributed by atoms with Crippen LogP contribution in [-0.4, -0.2) is 59.2 Å². The van der Waals surface area contributed by atoms with Gasteiger partial charge in [-0.3, -0.25) is 0 Å². The van der Waals surface area contributed by atoms with Crippen molar-refractivity contribution in [2.24, 2.45) is 0 Å². The van der Waals surface area contributed by atoms with Crippen molar-refractivity contribution >= 4 is 28.6 Å². The average molecular weight is 467 g/mol. The number of fused-ring (bicyclic) bond motifs is 2. The average Bonchev–Trinajstić information content (AvgIpc) is 3.45. The third kappa shape index (κ3) is 3.99. The fourth-order valence-electron chi connectivity index (χ4n) is 3.98. The summed E-state index contributed by atoms with van der Waals surface area (Å²) in [7, 11) is 0. The molecule has 0 radical (unpaired) electrons. The monoisotopic (exact) mass is 466 g/mol. The van der Waals surface area contributed by atoms with Crippen LogP contribution in [0.25, 0.3) is 11.2 Å². The second kappa shape index (κ2) is 8.78. The van der Waals surface area contributed by atoms with E-state index >= 15 is 0 Å². The zero-order chi connectivity index (χ0) is 22.2. The van der Waals surface area contributed by atoms with Crippen molar-refractivity contribution in [1.82, 2.24) is 15.0 Å². The maximum absolute atomic E-state index is 13.9. The van der Waals surface area contributed by atoms with Gasteiger partial charge in [0.15, 0.2) is 11.8 Å². The lowest BCUT2D eigenvalue weighted by molar-refractivity contribution is -0.0313. The van der Waals surface area contributed by atoms with Gasteiger partial charge in [-0.25, -0.2) is 13.8 Å². The van der Waals surface area contributed by atoms with Crippen LogP contribution in [0.15, 0.2) is 24.3 Å². The number of benzene rings is 1. The molecule has 0 bridgehead atoms. The lowest BCUT2D eigenvalue weighted by Crippen LogP contribution is -2.35. The van der Waals surface area contributed by atoms with Gasteiger partial charge in [0.1, 0.15) is 35.8 Å². The standard InChI is InChI=1S/C21H21ClF2N4O4/c1-2-29-15-8-30-18-16(9-31-17(15)18)32-21-26-14-6-11(22)19(27-20(14)28-21)25-7-10-12(23)4-3-5-13(10)24/h3-6,15-18H,2,7-9H2,1H3,(H2,25,26,27,28)/t15-,16-,17?,18?/m1/s1. The number of aromatic nitrogens is 3. The highest BCUT2D eigenvalue weighted by Gasteiger charge is 2.49. The first-order chi connectivity index (χ1) is 15.5. The number of H-pyrrole nitrogens is 1. The van der Waals surface area contributed by atoms with Crippen LogP contribution >= 0.6 is 11.6 Å². The summed E-state index contributed by atoms with van der Waals surface area (Å²) in [6.07, 6.45) is -0.874. The Morgan fingerprint density at radius 1 is 1.16 bits per heavy atom. The van der Waals surface area contributed by atoms with Crippen molar-refractivity contribution in [1.29, 1.82) is 0 Å². The minimum absolute atomic E-state index is 0.103. The van der Waals surface area contributed by atoms with Gasteiger partial charge in [0, 0.05) is 18.7 Å². The molecule has 5 rings (SSSR count). The fourth-order valence-corrected chi connectivity index (χ4v) is 4.20. The third-order valence-electron chi connectivity index (χ3n) is 5.51. The summed E-state index contributed by atoms with van der Waals surface area (Å²) < 4.78 is 51.0. The lowest BCUT2D eigenvalue weighted by Gasteiger charge is -2.16. The number of aromatic amines is 1. The van der Waals surface area contributed by atoms with Gasteiger partial charge in [-0.15, -0.1) is 0 Å². The van der Waals surface area contributed by atoms with Gasteiger partial charge in [0.05, 0.1) is 23.8 Å². The minimum Gasteiger partial charge on any atom is -0.456 e. The smallest absolute Gasteiger partial charge is 0.296 e. The van der Waals surface area contributed by atoms with Crippen LogP contribution in [0.3, 0.4) is 0 Å². The van der Waals surface area contributed by atoms with Crippen LogP contribution in [-0.2, 0) is 20.8 Å². The molecule has 0 aliphatic carbocycles. The number of rotatable bonds is 7. The van der Waals surface area contributed by atoms with Crippen LogP contribution in [0.1, 0.15) is 12.5 Å². The second-order valence-corrected chi connectivity index (χ2v) is 7.94. The highest BCUT2D eigenvalue weighted by atomic mass is 35.5. The second-order valence-electron chi connectivity index (χ2n) is 7.53. The van der Waals surface area contributed by atoms with E-state index in [0.717, 1.165) is 0 Å². The van der Waals surface area contributed by atoms with Crippen molar-refractivity contribution in [3.05, 3.63) is 46.5 Å². The Kier molecular flexibility index (Phi) is 5.85. The molecule has 0 amide bonds. The number of nitrogens with one attached hydrogen (secondary N) is 2. The van der Waals surface area contributed by atoms with E-state index in [1.165, 1.54) is 18.2 Å². The molecule has 1 aromatic carbocycles. The molecule has 2 saturated heterocycles. The Morgan fingerprint density at radius 3 is 2.62 bits per heavy atom. The van der Waals surface area contributed by atoms with E-state index in [2.05, 4.69) is 20.3 Å². The van der Waals surface area contributed by atoms with Gasteiger partial charge >= 0.3 is 0 Å². The van der Waals surface area contributed by atoms with E-state index in [1.54, 1.807) is 6.07 Å². The van der Waals surface area contributed by atoms with Crippen LogP contribution in [0.5, 0.6) is 6.01 Å². The van der Waals surface area contributed by atoms with Gasteiger partial charge in [0.2, 0.25) is 0 Å². The summed E-state index contributed by atoms with van der Waals surface area (Å²) in [6.45, 7) is 3.20. The topological polar surface area (TPSA) is 90.5 Å². The van der Waals surface area contributed by atoms with E-state index in [1.807, 2.05) is 6.92 Å². The molecule has 8 nitrogen and oxygen atoms in total. The molecule has 3 aromatic rings. The molecule has 32 heavy (non-hydrogen) atoms. The Hall–Kier alpha value is -2.53. The fraction of sp³-hybridized carbons (Fsp3) is 0.429. The highest BCUT2D eigenvalue weighted by Crippen LogP contribution is 2.32. The summed E-state index contributed by atoms with van der Waals surface area (Å²) >= 11 is 6.29. The SMILES string of the molecule is CCO[C@@H]1COC2C1OC[C@H]2Oc1nc2nc(NCc3c(F)cccc3F)c(Cl)cc2[nH]1. The summed E-state index contributed by atoms with van der Waals surface area (Å²) in [5.41, 5.74) is 0.799. The van der Waals surface area contributed by atoms with Crippen LogP contribution in [0, 0.1) is 11.6 Å². The lowest BCUT2D eigenvalue weighted by atomic mass is 10.1. The maximum Gasteiger partial charge on any atom is 0.296 e. The largest absolute Gasteiger partial charge is 0.456 e. The Bertz CT molecular complexity index is 1110. The molecule has 11 heteroatoms. The van der Waals surface area contributed by atoms with Gasteiger partial charge in [-0.2, -0.15) is 4.98 Å². The molecule has 4 heterocycles. The van der Waals surface area contributed by atoms with Gasteiger partial charge in [-0.1, -0.05) is 17.7 Å². The quantitative estimate of drug-likeness (QED) is 0.551. The van der Waals surface area contributed by atoms with Crippen LogP contribution in [0.2, 0.25) is 5.02 Å². The summed E-state index contributed by atoms with van der Waals surface area (Å²) in [5, 5.41) is 3.13. The Labute approximate surface area is 187 Å². The maximum atomic E-state index is 13.9. The normalized spacial score (nSPS) is 24.8. The molecule has 2 aliphatic heterocycles. The molecule has 2 aliphatic rings. The molecule has 170 valence electrons. The van der Waals surface area contributed by atoms with Crippen LogP contribution in [0.4, 0.5) is 14.6 Å². The zero-order valence-electron chi connectivity index (χ0n) is 17.1. The molecular formula is C21H21ClF2N4O4. The third-order valence-corrected chi connectivity index (χ3v) is 5.79. The Morgan fingerprint density at radius 2 is 1.88 bits per heavy atom. The van der Waals surface area contributed by atoms with Gasteiger partial charge in [-0.05, 0) is 25.1 Å². The predicted octanol–water partition coefficient (Wildman–Crippen LogP) is 3.45. The van der Waals surface area contributed by atoms with Crippen molar-refractivity contribution < 1.29 is 27.7 Å². The number of nitrogens with zero attached hydrogens (tertiary/aromatic N) is 2. The first kappa shape index (κ1) is 21.3. The number of ether oxygens (including phenoxy) is 4. The van der Waals surface area contributed by atoms with Crippen molar-refractivity contribution in [3.63, 3.8) is 0 Å². The number of hydrogen-bond acceptors (Lipinski definition) is 7. The summed E-state index contributed by atoms with van der Waals surface area (Å²) in [5.74, 6) is -1.05. The molecule has 2 N–H and O–H groups in total. The first-order valence-electron chi connectivity index (χ1n) is 10.3. The van der Waals surface area contributed by atoms with Gasteiger partial charge < -0.3 is 29.2 Å². The predicted molar refractivity (Wildman–Crippen MR) is 112 cm³/mol. The van der Waals surface area contributed by atoms with Crippen molar-refractivity contribution in [3.8, 4) is 6.01 Å². The Balaban J connectivity index is 1.30. The van der Waals surface area contributed by atoms with Crippen LogP contribution < -0.4 is 10.1 Å². The van der Waals surface area contributed by atoms with E-state index in [4.69, 9.17) is 30.5 Å². The number of halogens is 3. The summed E-state index contributed by atoms with van der Waals surface area (Å²) in [6, 6.07) is 5.56. The van der Waals surface area contributed by atoms with Gasteiger partial charge in [0.25, 0.3) is 6.01 Å². The summed E-state index contributed by atoms with van der Waals surface area (Å²) in [4.78, 5) is 11.7. The number of anilines is 1. The van der Waals surface area contributed by atoms with E-state index < -0.39 is 11.6 Å². The number of imidazole rings is 1. The number of pyridine rings is 1. The van der Waals surface area contributed by atoms with E-state index in [0.29, 0.717) is 31.0 Å². The molecule has 2 fully saturated rings. The molecule has 0 spiro atoms. The highest BCUT2D eigenvalue weighted by molar-refractivity contribution is 6.33. The molecule has 2 aromatic heterocycles. The zero-order valence-corrected chi connectivity index (χ0v) is 17.9. The molecule has 4 atom stereocenters. The minimum atomic E-state index is -0.650. The molecule has 0 saturated carbocycles. The van der Waals surface area contributed by atoms with Crippen molar-refractivity contribution in [2.75, 3.05) is 25.1 Å². The number of hydrogen-bond donors (Lipinski definition) is 2.